The van der Waals surface area contributed by atoms with Crippen molar-refractivity contribution in [3.63, 3.8) is 0 Å². The molecule has 0 aliphatic heterocycles. The molecule has 0 aromatic heterocycles. The summed E-state index contributed by atoms with van der Waals surface area (Å²) in [5.41, 5.74) is 1.18. The van der Waals surface area contributed by atoms with Crippen LogP contribution in [0.2, 0.25) is 0 Å². The van der Waals surface area contributed by atoms with Crippen LogP contribution >= 0.6 is 15.9 Å². The topological polar surface area (TPSA) is 12.0 Å². The zero-order valence-corrected chi connectivity index (χ0v) is 14.1. The van der Waals surface area contributed by atoms with Crippen LogP contribution in [0, 0.1) is 11.2 Å². The van der Waals surface area contributed by atoms with Gasteiger partial charge in [0.25, 0.3) is 0 Å². The van der Waals surface area contributed by atoms with E-state index >= 15 is 0 Å². The van der Waals surface area contributed by atoms with Crippen LogP contribution in [0.5, 0.6) is 0 Å². The second-order valence-electron chi connectivity index (χ2n) is 5.97. The lowest BCUT2D eigenvalue weighted by Crippen LogP contribution is -2.45. The maximum Gasteiger partial charge on any atom is 0.126 e. The zero-order valence-electron chi connectivity index (χ0n) is 12.5. The standard InChI is InChI=1S/C17H25BrFN/c1-3-17(9-5-6-10-17)16(20-4-2)12-13-11-14(18)7-8-15(13)19/h7-8,11,16,20H,3-6,9-10,12H2,1-2H3. The number of hydrogen-bond donors (Lipinski definition) is 1. The van der Waals surface area contributed by atoms with Crippen LogP contribution in [0.15, 0.2) is 22.7 Å². The van der Waals surface area contributed by atoms with Gasteiger partial charge in [-0.1, -0.05) is 42.6 Å². The van der Waals surface area contributed by atoms with Gasteiger partial charge in [-0.05, 0) is 61.4 Å². The summed E-state index contributed by atoms with van der Waals surface area (Å²) in [7, 11) is 0. The van der Waals surface area contributed by atoms with Crippen LogP contribution in [0.3, 0.4) is 0 Å². The van der Waals surface area contributed by atoms with E-state index in [1.54, 1.807) is 12.1 Å². The molecular formula is C17H25BrFN. The molecule has 0 heterocycles. The van der Waals surface area contributed by atoms with Crippen LogP contribution < -0.4 is 5.32 Å². The average Bonchev–Trinajstić information content (AvgIpc) is 2.92. The van der Waals surface area contributed by atoms with E-state index < -0.39 is 0 Å². The highest BCUT2D eigenvalue weighted by Gasteiger charge is 2.39. The van der Waals surface area contributed by atoms with E-state index in [2.05, 4.69) is 35.1 Å². The van der Waals surface area contributed by atoms with Gasteiger partial charge in [0.1, 0.15) is 5.82 Å². The van der Waals surface area contributed by atoms with Gasteiger partial charge in [-0.25, -0.2) is 4.39 Å². The zero-order chi connectivity index (χ0) is 14.6. The molecule has 112 valence electrons. The minimum absolute atomic E-state index is 0.0830. The Kier molecular flexibility index (Phi) is 5.62. The van der Waals surface area contributed by atoms with E-state index in [0.717, 1.165) is 23.0 Å². The third-order valence-electron chi connectivity index (χ3n) is 4.92. The van der Waals surface area contributed by atoms with Crippen LogP contribution in [-0.4, -0.2) is 12.6 Å². The Labute approximate surface area is 130 Å². The minimum Gasteiger partial charge on any atom is -0.313 e. The van der Waals surface area contributed by atoms with Crippen molar-refractivity contribution in [2.75, 3.05) is 6.54 Å². The molecule has 20 heavy (non-hydrogen) atoms. The van der Waals surface area contributed by atoms with Crippen molar-refractivity contribution in [1.82, 2.24) is 5.32 Å². The lowest BCUT2D eigenvalue weighted by Gasteiger charge is -2.38. The van der Waals surface area contributed by atoms with Crippen LogP contribution in [-0.2, 0) is 6.42 Å². The molecule has 0 saturated heterocycles. The molecule has 2 rings (SSSR count). The molecule has 1 aliphatic rings. The predicted molar refractivity (Wildman–Crippen MR) is 86.5 cm³/mol. The van der Waals surface area contributed by atoms with Gasteiger partial charge in [-0.2, -0.15) is 0 Å². The number of rotatable bonds is 6. The molecule has 0 radical (unpaired) electrons. The molecule has 1 atom stereocenters. The molecule has 0 bridgehead atoms. The summed E-state index contributed by atoms with van der Waals surface area (Å²) >= 11 is 3.45. The third kappa shape index (κ3) is 3.43. The molecule has 1 unspecified atom stereocenters. The smallest absolute Gasteiger partial charge is 0.126 e. The van der Waals surface area contributed by atoms with Crippen molar-refractivity contribution in [3.8, 4) is 0 Å². The Morgan fingerprint density at radius 3 is 2.60 bits per heavy atom. The van der Waals surface area contributed by atoms with Gasteiger partial charge in [0.05, 0.1) is 0 Å². The Bertz CT molecular complexity index is 441. The quantitative estimate of drug-likeness (QED) is 0.760. The van der Waals surface area contributed by atoms with Gasteiger partial charge in [-0.3, -0.25) is 0 Å². The van der Waals surface area contributed by atoms with Gasteiger partial charge in [0.15, 0.2) is 0 Å². The average molecular weight is 342 g/mol. The highest BCUT2D eigenvalue weighted by molar-refractivity contribution is 9.10. The molecule has 1 nitrogen and oxygen atoms in total. The number of hydrogen-bond acceptors (Lipinski definition) is 1. The van der Waals surface area contributed by atoms with E-state index in [1.807, 2.05) is 6.07 Å². The first kappa shape index (κ1) is 16.0. The first-order valence-corrected chi connectivity index (χ1v) is 8.58. The number of benzene rings is 1. The van der Waals surface area contributed by atoms with Crippen LogP contribution in [0.25, 0.3) is 0 Å². The molecular weight excluding hydrogens is 317 g/mol. The van der Waals surface area contributed by atoms with E-state index in [0.29, 0.717) is 11.5 Å². The second kappa shape index (κ2) is 7.04. The highest BCUT2D eigenvalue weighted by atomic mass is 79.9. The lowest BCUT2D eigenvalue weighted by molar-refractivity contribution is 0.185. The van der Waals surface area contributed by atoms with Crippen LogP contribution in [0.1, 0.15) is 51.5 Å². The minimum atomic E-state index is -0.0830. The summed E-state index contributed by atoms with van der Waals surface area (Å²) in [5, 5.41) is 3.63. The van der Waals surface area contributed by atoms with Crippen LogP contribution in [0.4, 0.5) is 4.39 Å². The van der Waals surface area contributed by atoms with Gasteiger partial charge in [0, 0.05) is 10.5 Å². The molecule has 1 aliphatic carbocycles. The Balaban J connectivity index is 2.22. The Morgan fingerprint density at radius 2 is 2.00 bits per heavy atom. The summed E-state index contributed by atoms with van der Waals surface area (Å²) in [5.74, 6) is -0.0830. The Hall–Kier alpha value is -0.410. The number of likely N-dealkylation sites (N-methyl/N-ethyl adjacent to an activating group) is 1. The summed E-state index contributed by atoms with van der Waals surface area (Å²) in [4.78, 5) is 0. The first-order valence-electron chi connectivity index (χ1n) is 7.78. The molecule has 3 heteroatoms. The fourth-order valence-electron chi connectivity index (χ4n) is 3.70. The van der Waals surface area contributed by atoms with Gasteiger partial charge in [-0.15, -0.1) is 0 Å². The normalized spacial score (nSPS) is 19.2. The van der Waals surface area contributed by atoms with Gasteiger partial charge < -0.3 is 5.32 Å². The number of halogens is 2. The molecule has 1 aromatic rings. The van der Waals surface area contributed by atoms with Crippen molar-refractivity contribution >= 4 is 15.9 Å². The second-order valence-corrected chi connectivity index (χ2v) is 6.89. The fraction of sp³-hybridized carbons (Fsp3) is 0.647. The lowest BCUT2D eigenvalue weighted by atomic mass is 9.74. The van der Waals surface area contributed by atoms with E-state index in [1.165, 1.54) is 32.1 Å². The predicted octanol–water partition coefficient (Wildman–Crippen LogP) is 5.08. The molecule has 1 saturated carbocycles. The van der Waals surface area contributed by atoms with Gasteiger partial charge in [0.2, 0.25) is 0 Å². The SMILES string of the molecule is CCNC(Cc1cc(Br)ccc1F)C1(CC)CCCC1. The van der Waals surface area contributed by atoms with E-state index in [9.17, 15) is 4.39 Å². The summed E-state index contributed by atoms with van der Waals surface area (Å²) in [6.45, 7) is 5.37. The van der Waals surface area contributed by atoms with Crippen molar-refractivity contribution in [3.05, 3.63) is 34.1 Å². The maximum absolute atomic E-state index is 14.0. The molecule has 1 aromatic carbocycles. The molecule has 0 amide bonds. The Morgan fingerprint density at radius 1 is 1.30 bits per heavy atom. The van der Waals surface area contributed by atoms with Crippen molar-refractivity contribution < 1.29 is 4.39 Å². The molecule has 1 N–H and O–H groups in total. The third-order valence-corrected chi connectivity index (χ3v) is 5.42. The van der Waals surface area contributed by atoms with E-state index in [4.69, 9.17) is 0 Å². The molecule has 1 fully saturated rings. The monoisotopic (exact) mass is 341 g/mol. The maximum atomic E-state index is 14.0. The largest absolute Gasteiger partial charge is 0.313 e. The van der Waals surface area contributed by atoms with E-state index in [-0.39, 0.29) is 5.82 Å². The summed E-state index contributed by atoms with van der Waals surface area (Å²) in [6, 6.07) is 5.64. The molecule has 0 spiro atoms. The fourth-order valence-corrected chi connectivity index (χ4v) is 4.11. The highest BCUT2D eigenvalue weighted by Crippen LogP contribution is 2.45. The van der Waals surface area contributed by atoms with Crippen molar-refractivity contribution in [2.24, 2.45) is 5.41 Å². The van der Waals surface area contributed by atoms with Crippen molar-refractivity contribution in [1.29, 1.82) is 0 Å². The summed E-state index contributed by atoms with van der Waals surface area (Å²) in [6.07, 6.45) is 7.15. The van der Waals surface area contributed by atoms with Gasteiger partial charge >= 0.3 is 0 Å². The number of nitrogens with one attached hydrogen (secondary N) is 1. The summed E-state index contributed by atoms with van der Waals surface area (Å²) < 4.78 is 15.0. The first-order chi connectivity index (χ1) is 9.61. The van der Waals surface area contributed by atoms with Crippen molar-refractivity contribution in [2.45, 2.75) is 58.4 Å².